The van der Waals surface area contributed by atoms with Gasteiger partial charge in [-0.3, -0.25) is 9.69 Å². The van der Waals surface area contributed by atoms with Crippen molar-refractivity contribution < 1.29 is 14.6 Å². The number of nitrogens with zero attached hydrogens (tertiary/aromatic N) is 1. The molecule has 0 aromatic carbocycles. The smallest absolute Gasteiger partial charge is 0.186 e. The summed E-state index contributed by atoms with van der Waals surface area (Å²) in [4.78, 5) is 14.4. The third-order valence-electron chi connectivity index (χ3n) is 2.24. The molecule has 4 nitrogen and oxygen atoms in total. The first kappa shape index (κ1) is 14.6. The Morgan fingerprint density at radius 2 is 2.29 bits per heavy atom. The first-order valence-corrected chi connectivity index (χ1v) is 6.47. The molecule has 6 heteroatoms. The van der Waals surface area contributed by atoms with Crippen molar-refractivity contribution in [2.45, 2.75) is 0 Å². The Morgan fingerprint density at radius 3 is 2.82 bits per heavy atom. The number of halogens is 1. The molecule has 0 fully saturated rings. The Kier molecular flexibility index (Phi) is 6.69. The average molecular weight is 278 g/mol. The number of ether oxygens (including phenoxy) is 1. The summed E-state index contributed by atoms with van der Waals surface area (Å²) in [6.07, 6.45) is 0. The predicted octanol–water partition coefficient (Wildman–Crippen LogP) is 1.52. The highest BCUT2D eigenvalue weighted by Crippen LogP contribution is 2.21. The molecule has 0 aliphatic rings. The maximum absolute atomic E-state index is 11.9. The maximum Gasteiger partial charge on any atom is 0.186 e. The predicted molar refractivity (Wildman–Crippen MR) is 69.1 cm³/mol. The SMILES string of the molecule is COCCN(CCO)CC(=O)c1ccc(Cl)s1. The van der Waals surface area contributed by atoms with Gasteiger partial charge >= 0.3 is 0 Å². The fourth-order valence-corrected chi connectivity index (χ4v) is 2.35. The Bertz CT molecular complexity index is 356. The van der Waals surface area contributed by atoms with Gasteiger partial charge in [-0.05, 0) is 12.1 Å². The summed E-state index contributed by atoms with van der Waals surface area (Å²) in [6, 6.07) is 3.44. The van der Waals surface area contributed by atoms with Gasteiger partial charge in [0.2, 0.25) is 0 Å². The summed E-state index contributed by atoms with van der Waals surface area (Å²) < 4.78 is 5.57. The molecule has 0 atom stereocenters. The fourth-order valence-electron chi connectivity index (χ4n) is 1.38. The van der Waals surface area contributed by atoms with E-state index in [9.17, 15) is 4.79 Å². The van der Waals surface area contributed by atoms with Gasteiger partial charge in [0.1, 0.15) is 0 Å². The van der Waals surface area contributed by atoms with Gasteiger partial charge in [-0.2, -0.15) is 0 Å². The molecule has 0 amide bonds. The van der Waals surface area contributed by atoms with Crippen molar-refractivity contribution in [1.82, 2.24) is 4.90 Å². The lowest BCUT2D eigenvalue weighted by atomic mass is 10.3. The molecule has 17 heavy (non-hydrogen) atoms. The van der Waals surface area contributed by atoms with Crippen LogP contribution < -0.4 is 0 Å². The number of aliphatic hydroxyl groups is 1. The van der Waals surface area contributed by atoms with Crippen molar-refractivity contribution in [3.8, 4) is 0 Å². The van der Waals surface area contributed by atoms with Crippen LogP contribution in [0.1, 0.15) is 9.67 Å². The third-order valence-corrected chi connectivity index (χ3v) is 3.52. The quantitative estimate of drug-likeness (QED) is 0.732. The number of Topliss-reactive ketones (excluding diaryl/α,β-unsaturated/α-hetero) is 1. The highest BCUT2D eigenvalue weighted by atomic mass is 35.5. The average Bonchev–Trinajstić information content (AvgIpc) is 2.73. The monoisotopic (exact) mass is 277 g/mol. The lowest BCUT2D eigenvalue weighted by Crippen LogP contribution is -2.34. The highest BCUT2D eigenvalue weighted by molar-refractivity contribution is 7.18. The number of carbonyl (C=O) groups excluding carboxylic acids is 1. The highest BCUT2D eigenvalue weighted by Gasteiger charge is 2.13. The van der Waals surface area contributed by atoms with Crippen LogP contribution in [0.4, 0.5) is 0 Å². The summed E-state index contributed by atoms with van der Waals surface area (Å²) in [6.45, 7) is 1.94. The second-order valence-electron chi connectivity index (χ2n) is 3.52. The molecule has 1 aromatic rings. The van der Waals surface area contributed by atoms with Gasteiger partial charge in [0.15, 0.2) is 5.78 Å². The minimum absolute atomic E-state index is 0.0199. The zero-order chi connectivity index (χ0) is 12.7. The van der Waals surface area contributed by atoms with Gasteiger partial charge in [-0.15, -0.1) is 11.3 Å². The third kappa shape index (κ3) is 5.14. The van der Waals surface area contributed by atoms with Crippen LogP contribution in [0.3, 0.4) is 0 Å². The molecule has 0 saturated carbocycles. The number of methoxy groups -OCH3 is 1. The molecule has 0 saturated heterocycles. The molecule has 0 aliphatic heterocycles. The molecule has 0 bridgehead atoms. The Balaban J connectivity index is 2.51. The van der Waals surface area contributed by atoms with Crippen LogP contribution in [0.2, 0.25) is 4.34 Å². The first-order chi connectivity index (χ1) is 8.17. The number of hydrogen-bond donors (Lipinski definition) is 1. The molecule has 1 rings (SSSR count). The second-order valence-corrected chi connectivity index (χ2v) is 5.23. The fraction of sp³-hybridized carbons (Fsp3) is 0.545. The van der Waals surface area contributed by atoms with Crippen molar-refractivity contribution >= 4 is 28.7 Å². The van der Waals surface area contributed by atoms with Crippen molar-refractivity contribution in [1.29, 1.82) is 0 Å². The molecular weight excluding hydrogens is 262 g/mol. The van der Waals surface area contributed by atoms with E-state index in [1.807, 2.05) is 4.90 Å². The number of rotatable bonds is 8. The van der Waals surface area contributed by atoms with Crippen molar-refractivity contribution in [2.75, 3.05) is 40.0 Å². The van der Waals surface area contributed by atoms with Crippen LogP contribution in [-0.2, 0) is 4.74 Å². The van der Waals surface area contributed by atoms with Crippen LogP contribution in [0.5, 0.6) is 0 Å². The van der Waals surface area contributed by atoms with E-state index < -0.39 is 0 Å². The molecule has 96 valence electrons. The topological polar surface area (TPSA) is 49.8 Å². The van der Waals surface area contributed by atoms with E-state index in [1.54, 1.807) is 19.2 Å². The van der Waals surface area contributed by atoms with E-state index in [0.717, 1.165) is 0 Å². The normalized spacial score (nSPS) is 11.1. The van der Waals surface area contributed by atoms with Crippen LogP contribution >= 0.6 is 22.9 Å². The number of thiophene rings is 1. The van der Waals surface area contributed by atoms with E-state index in [4.69, 9.17) is 21.4 Å². The van der Waals surface area contributed by atoms with Crippen LogP contribution in [-0.4, -0.2) is 55.7 Å². The minimum atomic E-state index is 0.0199. The lowest BCUT2D eigenvalue weighted by Gasteiger charge is -2.19. The summed E-state index contributed by atoms with van der Waals surface area (Å²) in [5.74, 6) is 0.0199. The Hall–Kier alpha value is -0.460. The lowest BCUT2D eigenvalue weighted by molar-refractivity contribution is 0.0872. The van der Waals surface area contributed by atoms with Gasteiger partial charge in [0, 0.05) is 20.2 Å². The zero-order valence-corrected chi connectivity index (χ0v) is 11.3. The maximum atomic E-state index is 11.9. The van der Waals surface area contributed by atoms with Gasteiger partial charge < -0.3 is 9.84 Å². The van der Waals surface area contributed by atoms with Crippen LogP contribution in [0.25, 0.3) is 0 Å². The van der Waals surface area contributed by atoms with Crippen molar-refractivity contribution in [3.63, 3.8) is 0 Å². The van der Waals surface area contributed by atoms with Gasteiger partial charge in [-0.1, -0.05) is 11.6 Å². The summed E-state index contributed by atoms with van der Waals surface area (Å²) in [5, 5.41) is 8.91. The largest absolute Gasteiger partial charge is 0.395 e. The van der Waals surface area contributed by atoms with Gasteiger partial charge in [0.25, 0.3) is 0 Å². The number of ketones is 1. The summed E-state index contributed by atoms with van der Waals surface area (Å²) >= 11 is 7.05. The molecule has 1 heterocycles. The Morgan fingerprint density at radius 1 is 1.53 bits per heavy atom. The number of aliphatic hydroxyl groups excluding tert-OH is 1. The molecule has 1 N–H and O–H groups in total. The van der Waals surface area contributed by atoms with E-state index >= 15 is 0 Å². The molecule has 0 unspecified atom stereocenters. The van der Waals surface area contributed by atoms with Gasteiger partial charge in [-0.25, -0.2) is 0 Å². The van der Waals surface area contributed by atoms with Crippen LogP contribution in [0.15, 0.2) is 12.1 Å². The van der Waals surface area contributed by atoms with E-state index in [2.05, 4.69) is 0 Å². The van der Waals surface area contributed by atoms with Crippen molar-refractivity contribution in [2.24, 2.45) is 0 Å². The van der Waals surface area contributed by atoms with Gasteiger partial charge in [0.05, 0.1) is 29.0 Å². The molecule has 0 radical (unpaired) electrons. The van der Waals surface area contributed by atoms with Crippen LogP contribution in [0, 0.1) is 0 Å². The van der Waals surface area contributed by atoms with Crippen molar-refractivity contribution in [3.05, 3.63) is 21.3 Å². The van der Waals surface area contributed by atoms with E-state index in [0.29, 0.717) is 28.9 Å². The summed E-state index contributed by atoms with van der Waals surface area (Å²) in [5.41, 5.74) is 0. The second kappa shape index (κ2) is 7.79. The molecular formula is C11H16ClNO3S. The number of hydrogen-bond acceptors (Lipinski definition) is 5. The van der Waals surface area contributed by atoms with E-state index in [-0.39, 0.29) is 18.9 Å². The molecule has 1 aromatic heterocycles. The zero-order valence-electron chi connectivity index (χ0n) is 9.69. The Labute approximate surface area is 110 Å². The first-order valence-electron chi connectivity index (χ1n) is 5.28. The molecule has 0 spiro atoms. The molecule has 0 aliphatic carbocycles. The number of carbonyl (C=O) groups is 1. The standard InChI is InChI=1S/C11H16ClNO3S/c1-16-7-5-13(4-6-14)8-9(15)10-2-3-11(12)17-10/h2-3,14H,4-8H2,1H3. The minimum Gasteiger partial charge on any atom is -0.395 e. The summed E-state index contributed by atoms with van der Waals surface area (Å²) in [7, 11) is 1.61. The van der Waals surface area contributed by atoms with E-state index in [1.165, 1.54) is 11.3 Å².